The number of hydrogen-bond acceptors (Lipinski definition) is 8. The Morgan fingerprint density at radius 2 is 2.11 bits per heavy atom. The van der Waals surface area contributed by atoms with Gasteiger partial charge in [0.15, 0.2) is 5.65 Å². The maximum absolute atomic E-state index is 13.6. The van der Waals surface area contributed by atoms with Gasteiger partial charge in [0.05, 0.1) is 29.1 Å². The van der Waals surface area contributed by atoms with E-state index in [1.165, 1.54) is 18.2 Å². The third-order valence-electron chi connectivity index (χ3n) is 6.77. The second kappa shape index (κ2) is 9.94. The van der Waals surface area contributed by atoms with E-state index in [1.807, 2.05) is 24.1 Å². The minimum absolute atomic E-state index is 0.171. The Hall–Kier alpha value is -2.77. The quantitative estimate of drug-likeness (QED) is 0.420. The molecule has 0 saturated carbocycles. The van der Waals surface area contributed by atoms with E-state index >= 15 is 0 Å². The summed E-state index contributed by atoms with van der Waals surface area (Å²) in [5, 5.41) is 15.1. The van der Waals surface area contributed by atoms with Crippen LogP contribution in [0.5, 0.6) is 0 Å². The maximum Gasteiger partial charge on any atom is 0.256 e. The van der Waals surface area contributed by atoms with Crippen LogP contribution in [-0.4, -0.2) is 71.1 Å². The van der Waals surface area contributed by atoms with E-state index < -0.39 is 17.4 Å². The van der Waals surface area contributed by atoms with Gasteiger partial charge in [-0.2, -0.15) is 5.10 Å². The first-order valence-corrected chi connectivity index (χ1v) is 13.2. The molecule has 0 bridgehead atoms. The first kappa shape index (κ1) is 24.9. The number of hydrogen-bond donors (Lipinski definition) is 3. The van der Waals surface area contributed by atoms with Crippen LogP contribution in [0.2, 0.25) is 5.02 Å². The summed E-state index contributed by atoms with van der Waals surface area (Å²) in [5.74, 6) is 0.426. The van der Waals surface area contributed by atoms with Gasteiger partial charge in [0.1, 0.15) is 5.82 Å². The lowest BCUT2D eigenvalue weighted by atomic mass is 9.98. The summed E-state index contributed by atoms with van der Waals surface area (Å²) in [6.45, 7) is 3.37. The zero-order chi connectivity index (χ0) is 25.6. The lowest BCUT2D eigenvalue weighted by Gasteiger charge is -2.35. The molecule has 1 amide bonds. The predicted molar refractivity (Wildman–Crippen MR) is 136 cm³/mol. The Labute approximate surface area is 215 Å². The molecule has 2 aliphatic heterocycles. The molecule has 11 nitrogen and oxygen atoms in total. The third kappa shape index (κ3) is 4.78. The van der Waals surface area contributed by atoms with E-state index in [4.69, 9.17) is 27.4 Å². The zero-order valence-corrected chi connectivity index (χ0v) is 21.2. The van der Waals surface area contributed by atoms with E-state index in [-0.39, 0.29) is 29.2 Å². The molecule has 13 heteroatoms. The number of nitrogens with two attached hydrogens (primary N) is 1. The number of likely N-dealkylation sites (tertiary alicyclic amines) is 1. The van der Waals surface area contributed by atoms with Crippen molar-refractivity contribution in [2.45, 2.75) is 44.4 Å². The van der Waals surface area contributed by atoms with Crippen LogP contribution in [0.15, 0.2) is 30.5 Å². The van der Waals surface area contributed by atoms with E-state index in [2.05, 4.69) is 4.72 Å². The molecule has 2 aliphatic rings. The van der Waals surface area contributed by atoms with Gasteiger partial charge in [-0.15, -0.1) is 0 Å². The number of aryl methyl sites for hydroxylation is 1. The number of fused-ring (bicyclic) bond motifs is 1. The van der Waals surface area contributed by atoms with Crippen LogP contribution in [0.3, 0.4) is 0 Å². The van der Waals surface area contributed by atoms with Crippen molar-refractivity contribution in [3.8, 4) is 0 Å². The lowest BCUT2D eigenvalue weighted by Crippen LogP contribution is -2.39. The number of carbonyl (C=O) groups is 1. The van der Waals surface area contributed by atoms with Crippen LogP contribution < -0.4 is 15.4 Å². The van der Waals surface area contributed by atoms with Gasteiger partial charge in [-0.1, -0.05) is 11.6 Å². The van der Waals surface area contributed by atoms with Gasteiger partial charge in [-0.3, -0.25) is 9.00 Å². The highest BCUT2D eigenvalue weighted by Gasteiger charge is 2.33. The number of aliphatic hydroxyl groups excluding tert-OH is 1. The number of halogens is 1. The van der Waals surface area contributed by atoms with E-state index in [0.29, 0.717) is 42.4 Å². The van der Waals surface area contributed by atoms with Crippen LogP contribution in [0.4, 0.5) is 11.5 Å². The molecule has 4 heterocycles. The molecule has 5 rings (SSSR count). The summed E-state index contributed by atoms with van der Waals surface area (Å²) < 4.78 is 26.5. The van der Waals surface area contributed by atoms with Crippen molar-refractivity contribution >= 4 is 45.9 Å². The Kier molecular flexibility index (Phi) is 6.88. The van der Waals surface area contributed by atoms with E-state index in [9.17, 15) is 18.7 Å². The Morgan fingerprint density at radius 1 is 1.31 bits per heavy atom. The number of anilines is 2. The number of aromatic nitrogens is 3. The van der Waals surface area contributed by atoms with Crippen molar-refractivity contribution in [2.24, 2.45) is 5.73 Å². The Bertz CT molecular complexity index is 1330. The first-order chi connectivity index (χ1) is 17.2. The monoisotopic (exact) mass is 532 g/mol. The number of benzene rings is 1. The number of nitrogens with zero attached hydrogens (tertiary/aromatic N) is 5. The van der Waals surface area contributed by atoms with Gasteiger partial charge in [-0.05, 0) is 44.4 Å². The number of amides is 1. The highest BCUT2D eigenvalue weighted by molar-refractivity contribution is 7.80. The molecule has 2 saturated heterocycles. The molecule has 192 valence electrons. The number of nitrogens with one attached hydrogen (secondary N) is 1. The minimum atomic E-state index is -2.59. The second-order valence-electron chi connectivity index (χ2n) is 9.29. The lowest BCUT2D eigenvalue weighted by molar-refractivity contribution is 0.0607. The number of carbonyl (C=O) groups excluding carboxylic acids is 1. The molecule has 36 heavy (non-hydrogen) atoms. The molecule has 1 aromatic carbocycles. The average molecular weight is 533 g/mol. The number of piperidine rings is 1. The van der Waals surface area contributed by atoms with Crippen molar-refractivity contribution in [1.82, 2.24) is 19.5 Å². The standard InChI is InChI=1S/C23H28ClN7O4S/c1-13-10-31-21(26-22(13)29-11-16(25)20(32)12-29)9-18(27-31)19-4-2-3-7-30(19)23(33)15-8-14(24)5-6-17(15)28-36(34)35/h5-6,8-10,16,19-20,28,32H,2-4,7,11-12,25H2,1H3,(H,34,35)/p-1/t16-,19+,20-/m1/s1. The van der Waals surface area contributed by atoms with Crippen LogP contribution in [0, 0.1) is 6.92 Å². The second-order valence-corrected chi connectivity index (χ2v) is 10.4. The summed E-state index contributed by atoms with van der Waals surface area (Å²) in [7, 11) is 0. The predicted octanol–water partition coefficient (Wildman–Crippen LogP) is 1.77. The summed E-state index contributed by atoms with van der Waals surface area (Å²) in [5.41, 5.74) is 8.57. The van der Waals surface area contributed by atoms with Crippen LogP contribution in [0.1, 0.15) is 46.9 Å². The molecule has 0 aliphatic carbocycles. The maximum atomic E-state index is 13.6. The highest BCUT2D eigenvalue weighted by atomic mass is 35.5. The summed E-state index contributed by atoms with van der Waals surface area (Å²) in [6, 6.07) is 5.72. The number of aliphatic hydroxyl groups is 1. The molecule has 0 spiro atoms. The molecular weight excluding hydrogens is 506 g/mol. The summed E-state index contributed by atoms with van der Waals surface area (Å²) in [4.78, 5) is 22.1. The SMILES string of the molecule is Cc1cn2nc([C@@H]3CCCCN3C(=O)c3cc(Cl)ccc3NS(=O)[O-])cc2nc1N1C[C@@H](N)[C@H](O)C1. The van der Waals surface area contributed by atoms with Gasteiger partial charge in [0, 0.05) is 59.8 Å². The minimum Gasteiger partial charge on any atom is -0.755 e. The fraction of sp³-hybridized carbons (Fsp3) is 0.435. The molecule has 0 radical (unpaired) electrons. The van der Waals surface area contributed by atoms with Gasteiger partial charge in [-0.25, -0.2) is 9.50 Å². The Balaban J connectivity index is 1.48. The smallest absolute Gasteiger partial charge is 0.256 e. The van der Waals surface area contributed by atoms with Crippen molar-refractivity contribution in [2.75, 3.05) is 29.3 Å². The van der Waals surface area contributed by atoms with Crippen molar-refractivity contribution in [3.05, 3.63) is 52.3 Å². The largest absolute Gasteiger partial charge is 0.755 e. The highest BCUT2D eigenvalue weighted by Crippen LogP contribution is 2.34. The first-order valence-electron chi connectivity index (χ1n) is 11.7. The molecule has 4 N–H and O–H groups in total. The fourth-order valence-corrected chi connectivity index (χ4v) is 5.53. The summed E-state index contributed by atoms with van der Waals surface area (Å²) in [6.07, 6.45) is 3.75. The Morgan fingerprint density at radius 3 is 2.83 bits per heavy atom. The average Bonchev–Trinajstić information content (AvgIpc) is 3.41. The number of rotatable bonds is 5. The van der Waals surface area contributed by atoms with Gasteiger partial charge in [0.2, 0.25) is 0 Å². The molecule has 2 fully saturated rings. The van der Waals surface area contributed by atoms with E-state index in [1.54, 1.807) is 9.42 Å². The van der Waals surface area contributed by atoms with Crippen LogP contribution >= 0.6 is 11.6 Å². The van der Waals surface area contributed by atoms with Gasteiger partial charge < -0.3 is 29.9 Å². The van der Waals surface area contributed by atoms with Crippen molar-refractivity contribution in [3.63, 3.8) is 0 Å². The number of β-amino-alcohol motifs (C(OH)–C–C–N with tert-alkyl or cyclic N) is 1. The third-order valence-corrected chi connectivity index (χ3v) is 7.39. The van der Waals surface area contributed by atoms with Gasteiger partial charge in [0.25, 0.3) is 5.91 Å². The molecular formula is C23H27ClN7O4S-. The topological polar surface area (TPSA) is 152 Å². The molecule has 2 aromatic heterocycles. The molecule has 4 atom stereocenters. The van der Waals surface area contributed by atoms with Crippen molar-refractivity contribution in [1.29, 1.82) is 0 Å². The normalized spacial score (nSPS) is 23.3. The summed E-state index contributed by atoms with van der Waals surface area (Å²) >= 11 is 3.55. The zero-order valence-electron chi connectivity index (χ0n) is 19.6. The van der Waals surface area contributed by atoms with Crippen molar-refractivity contribution < 1.29 is 18.7 Å². The van der Waals surface area contributed by atoms with Crippen LogP contribution in [-0.2, 0) is 11.3 Å². The fourth-order valence-electron chi connectivity index (χ4n) is 5.00. The van der Waals surface area contributed by atoms with Crippen LogP contribution in [0.25, 0.3) is 5.65 Å². The molecule has 3 aromatic rings. The molecule has 1 unspecified atom stereocenters. The van der Waals surface area contributed by atoms with E-state index in [0.717, 1.165) is 24.2 Å². The van der Waals surface area contributed by atoms with Gasteiger partial charge >= 0.3 is 0 Å².